The van der Waals surface area contributed by atoms with Crippen LogP contribution < -0.4 is 9.64 Å². The molecule has 174 valence electrons. The molecule has 0 bridgehead atoms. The Labute approximate surface area is 205 Å². The summed E-state index contributed by atoms with van der Waals surface area (Å²) in [4.78, 5) is 56.1. The number of carbonyl (C=O) groups is 4. The SMILES string of the molecule is COc1ccc([C@@H]2OC3(C(=O)c4ccccc4C3=O)[C@H]3C(=O)N(c4ccc(Cl)cc4)C(=O)[C@@H]23)cc1. The Hall–Kier alpha value is -3.81. The van der Waals surface area contributed by atoms with Gasteiger partial charge >= 0.3 is 0 Å². The largest absolute Gasteiger partial charge is 0.497 e. The first kappa shape index (κ1) is 21.7. The summed E-state index contributed by atoms with van der Waals surface area (Å²) < 4.78 is 11.5. The molecular weight excluding hydrogens is 470 g/mol. The van der Waals surface area contributed by atoms with E-state index in [0.717, 1.165) is 4.90 Å². The van der Waals surface area contributed by atoms with E-state index in [-0.39, 0.29) is 11.1 Å². The molecule has 2 fully saturated rings. The Morgan fingerprint density at radius 2 is 1.43 bits per heavy atom. The summed E-state index contributed by atoms with van der Waals surface area (Å²) in [5.74, 6) is -4.13. The number of benzene rings is 3. The highest BCUT2D eigenvalue weighted by atomic mass is 35.5. The smallest absolute Gasteiger partial charge is 0.241 e. The van der Waals surface area contributed by atoms with Gasteiger partial charge in [-0.2, -0.15) is 0 Å². The highest BCUT2D eigenvalue weighted by molar-refractivity contribution is 6.37. The van der Waals surface area contributed by atoms with Crippen LogP contribution in [0.1, 0.15) is 32.4 Å². The molecule has 2 saturated heterocycles. The van der Waals surface area contributed by atoms with Gasteiger partial charge in [0.2, 0.25) is 29.0 Å². The minimum absolute atomic E-state index is 0.192. The van der Waals surface area contributed by atoms with Crippen LogP contribution in [0.2, 0.25) is 5.02 Å². The third-order valence-corrected chi connectivity index (χ3v) is 7.30. The number of fused-ring (bicyclic) bond motifs is 3. The predicted molar refractivity (Wildman–Crippen MR) is 126 cm³/mol. The van der Waals surface area contributed by atoms with Gasteiger partial charge in [0.05, 0.1) is 30.7 Å². The first-order chi connectivity index (χ1) is 16.9. The molecule has 7 nitrogen and oxygen atoms in total. The van der Waals surface area contributed by atoms with Crippen molar-refractivity contribution in [3.8, 4) is 5.75 Å². The molecule has 3 atom stereocenters. The van der Waals surface area contributed by atoms with Gasteiger partial charge in [0.15, 0.2) is 0 Å². The van der Waals surface area contributed by atoms with E-state index in [0.29, 0.717) is 22.0 Å². The van der Waals surface area contributed by atoms with Gasteiger partial charge in [-0.3, -0.25) is 19.2 Å². The Morgan fingerprint density at radius 3 is 2.00 bits per heavy atom. The van der Waals surface area contributed by atoms with Crippen LogP contribution in [0.25, 0.3) is 0 Å². The van der Waals surface area contributed by atoms with Crippen molar-refractivity contribution in [1.82, 2.24) is 0 Å². The lowest BCUT2D eigenvalue weighted by Crippen LogP contribution is -2.51. The molecule has 1 spiro atoms. The Balaban J connectivity index is 1.53. The van der Waals surface area contributed by atoms with Crippen molar-refractivity contribution in [2.24, 2.45) is 11.8 Å². The number of carbonyl (C=O) groups excluding carboxylic acids is 4. The molecule has 6 rings (SSSR count). The number of ketones is 2. The molecule has 0 N–H and O–H groups in total. The summed E-state index contributed by atoms with van der Waals surface area (Å²) in [6.45, 7) is 0. The summed E-state index contributed by atoms with van der Waals surface area (Å²) >= 11 is 6.00. The van der Waals surface area contributed by atoms with Crippen molar-refractivity contribution >= 4 is 40.7 Å². The van der Waals surface area contributed by atoms with E-state index in [1.165, 1.54) is 7.11 Å². The molecule has 0 radical (unpaired) electrons. The van der Waals surface area contributed by atoms with Crippen LogP contribution in [0.4, 0.5) is 5.69 Å². The van der Waals surface area contributed by atoms with E-state index in [9.17, 15) is 19.2 Å². The zero-order chi connectivity index (χ0) is 24.5. The van der Waals surface area contributed by atoms with Crippen LogP contribution in [0.5, 0.6) is 5.75 Å². The van der Waals surface area contributed by atoms with E-state index in [1.807, 2.05) is 0 Å². The molecule has 8 heteroatoms. The van der Waals surface area contributed by atoms with E-state index in [1.54, 1.807) is 72.8 Å². The molecule has 35 heavy (non-hydrogen) atoms. The second kappa shape index (κ2) is 7.60. The quantitative estimate of drug-likeness (QED) is 0.409. The van der Waals surface area contributed by atoms with Crippen LogP contribution in [0.15, 0.2) is 72.8 Å². The van der Waals surface area contributed by atoms with Crippen molar-refractivity contribution < 1.29 is 28.7 Å². The fourth-order valence-corrected chi connectivity index (χ4v) is 5.58. The fraction of sp³-hybridized carbons (Fsp3) is 0.185. The molecule has 0 saturated carbocycles. The minimum Gasteiger partial charge on any atom is -0.497 e. The van der Waals surface area contributed by atoms with Crippen LogP contribution >= 0.6 is 11.6 Å². The molecule has 3 aliphatic rings. The highest BCUT2D eigenvalue weighted by Crippen LogP contribution is 2.57. The maximum Gasteiger partial charge on any atom is 0.241 e. The van der Waals surface area contributed by atoms with Gasteiger partial charge in [-0.15, -0.1) is 0 Å². The summed E-state index contributed by atoms with van der Waals surface area (Å²) in [5.41, 5.74) is -0.841. The second-order valence-corrected chi connectivity index (χ2v) is 9.18. The van der Waals surface area contributed by atoms with Gasteiger partial charge in [0.1, 0.15) is 5.75 Å². The highest BCUT2D eigenvalue weighted by Gasteiger charge is 2.74. The van der Waals surface area contributed by atoms with E-state index < -0.39 is 46.9 Å². The number of rotatable bonds is 3. The number of hydrogen-bond acceptors (Lipinski definition) is 6. The van der Waals surface area contributed by atoms with Crippen molar-refractivity contribution in [2.45, 2.75) is 11.7 Å². The van der Waals surface area contributed by atoms with Crippen molar-refractivity contribution in [3.05, 3.63) is 94.5 Å². The fourth-order valence-electron chi connectivity index (χ4n) is 5.46. The zero-order valence-electron chi connectivity index (χ0n) is 18.4. The summed E-state index contributed by atoms with van der Waals surface area (Å²) in [6.07, 6.45) is -0.984. The number of ether oxygens (including phenoxy) is 2. The number of amides is 2. The lowest BCUT2D eigenvalue weighted by molar-refractivity contribution is -0.127. The van der Waals surface area contributed by atoms with Gasteiger partial charge in [-0.25, -0.2) is 4.90 Å². The lowest BCUT2D eigenvalue weighted by Gasteiger charge is -2.27. The molecular formula is C27H18ClNO6. The van der Waals surface area contributed by atoms with E-state index in [2.05, 4.69) is 0 Å². The second-order valence-electron chi connectivity index (χ2n) is 8.74. The molecule has 3 aromatic carbocycles. The van der Waals surface area contributed by atoms with E-state index >= 15 is 0 Å². The van der Waals surface area contributed by atoms with Gasteiger partial charge < -0.3 is 9.47 Å². The predicted octanol–water partition coefficient (Wildman–Crippen LogP) is 4.04. The van der Waals surface area contributed by atoms with Crippen LogP contribution in [-0.4, -0.2) is 36.1 Å². The molecule has 2 amide bonds. The number of nitrogens with zero attached hydrogens (tertiary/aromatic N) is 1. The number of imide groups is 1. The third-order valence-electron chi connectivity index (χ3n) is 7.05. The Bertz CT molecular complexity index is 1380. The molecule has 1 aliphatic carbocycles. The average Bonchev–Trinajstić information content (AvgIpc) is 3.45. The molecule has 0 aromatic heterocycles. The summed E-state index contributed by atoms with van der Waals surface area (Å²) in [6, 6.07) is 19.5. The summed E-state index contributed by atoms with van der Waals surface area (Å²) in [5, 5.41) is 0.445. The number of halogens is 1. The normalized spacial score (nSPS) is 24.3. The molecule has 2 aliphatic heterocycles. The topological polar surface area (TPSA) is 90.0 Å². The van der Waals surface area contributed by atoms with Crippen LogP contribution in [0, 0.1) is 11.8 Å². The standard InChI is InChI=1S/C27H18ClNO6/c1-34-17-12-6-14(7-13-17)22-20-21(26(33)29(25(20)32)16-10-8-15(28)9-11-16)27(35-22)23(30)18-4-2-3-5-19(18)24(27)31/h2-13,20-22H,1H3/t20-,21-,22+/m1/s1. The van der Waals surface area contributed by atoms with Crippen LogP contribution in [0.3, 0.4) is 0 Å². The lowest BCUT2D eigenvalue weighted by atomic mass is 9.77. The molecule has 0 unspecified atom stereocenters. The van der Waals surface area contributed by atoms with Crippen molar-refractivity contribution in [3.63, 3.8) is 0 Å². The maximum absolute atomic E-state index is 13.8. The van der Waals surface area contributed by atoms with Crippen molar-refractivity contribution in [2.75, 3.05) is 12.0 Å². The average molecular weight is 488 g/mol. The van der Waals surface area contributed by atoms with Gasteiger partial charge in [-0.1, -0.05) is 48.0 Å². The number of anilines is 1. The first-order valence-electron chi connectivity index (χ1n) is 11.0. The van der Waals surface area contributed by atoms with Crippen molar-refractivity contribution in [1.29, 1.82) is 0 Å². The van der Waals surface area contributed by atoms with Gasteiger partial charge in [0, 0.05) is 16.1 Å². The van der Waals surface area contributed by atoms with Gasteiger partial charge in [0.25, 0.3) is 0 Å². The van der Waals surface area contributed by atoms with Gasteiger partial charge in [-0.05, 0) is 42.0 Å². The Morgan fingerprint density at radius 1 is 0.829 bits per heavy atom. The molecule has 2 heterocycles. The van der Waals surface area contributed by atoms with Crippen LogP contribution in [-0.2, 0) is 14.3 Å². The zero-order valence-corrected chi connectivity index (χ0v) is 19.2. The number of methoxy groups -OCH3 is 1. The number of Topliss-reactive ketones (excluding diaryl/α,β-unsaturated/α-hetero) is 2. The monoisotopic (exact) mass is 487 g/mol. The number of hydrogen-bond donors (Lipinski definition) is 0. The van der Waals surface area contributed by atoms with E-state index in [4.69, 9.17) is 21.1 Å². The molecule has 3 aromatic rings. The third kappa shape index (κ3) is 2.82. The Kier molecular flexibility index (Phi) is 4.71. The first-order valence-corrected chi connectivity index (χ1v) is 11.4. The summed E-state index contributed by atoms with van der Waals surface area (Å²) in [7, 11) is 1.53. The minimum atomic E-state index is -2.10. The maximum atomic E-state index is 13.8.